The Morgan fingerprint density at radius 2 is 0.821 bits per heavy atom. The molecule has 0 spiro atoms. The van der Waals surface area contributed by atoms with Gasteiger partial charge >= 0.3 is 0 Å². The van der Waals surface area contributed by atoms with E-state index in [1.54, 1.807) is 0 Å². The van der Waals surface area contributed by atoms with Crippen molar-refractivity contribution < 1.29 is 0 Å². The standard InChI is InChI=1S/C28H26/c1-19-6-5-7-27(16-19)25-12-8-23(9-13-25)24-10-14-26(15-11-24)28-17-20(2)22(4)21(3)18-28/h5-18H,1-4H3. The van der Waals surface area contributed by atoms with Gasteiger partial charge in [0.25, 0.3) is 0 Å². The van der Waals surface area contributed by atoms with Crippen molar-refractivity contribution in [3.63, 3.8) is 0 Å². The lowest BCUT2D eigenvalue weighted by atomic mass is 9.94. The minimum absolute atomic E-state index is 1.25. The lowest BCUT2D eigenvalue weighted by Gasteiger charge is -2.10. The highest BCUT2D eigenvalue weighted by Crippen LogP contribution is 2.29. The first kappa shape index (κ1) is 18.3. The molecule has 4 rings (SSSR count). The van der Waals surface area contributed by atoms with E-state index >= 15 is 0 Å². The Morgan fingerprint density at radius 1 is 0.393 bits per heavy atom. The molecule has 0 radical (unpaired) electrons. The first-order valence-electron chi connectivity index (χ1n) is 9.87. The third-order valence-corrected chi connectivity index (χ3v) is 5.71. The van der Waals surface area contributed by atoms with Crippen LogP contribution in [0.3, 0.4) is 0 Å². The monoisotopic (exact) mass is 362 g/mol. The molecule has 0 aliphatic heterocycles. The summed E-state index contributed by atoms with van der Waals surface area (Å²) in [6.45, 7) is 8.71. The topological polar surface area (TPSA) is 0 Å². The normalized spacial score (nSPS) is 10.9. The van der Waals surface area contributed by atoms with E-state index in [-0.39, 0.29) is 0 Å². The average Bonchev–Trinajstić information content (AvgIpc) is 2.72. The highest BCUT2D eigenvalue weighted by atomic mass is 14.1. The highest BCUT2D eigenvalue weighted by molar-refractivity contribution is 5.74. The van der Waals surface area contributed by atoms with Crippen LogP contribution in [0.15, 0.2) is 84.9 Å². The Hall–Kier alpha value is -3.12. The molecule has 0 heterocycles. The van der Waals surface area contributed by atoms with Gasteiger partial charge < -0.3 is 0 Å². The highest BCUT2D eigenvalue weighted by Gasteiger charge is 2.05. The van der Waals surface area contributed by atoms with Gasteiger partial charge in [-0.2, -0.15) is 0 Å². The van der Waals surface area contributed by atoms with Crippen molar-refractivity contribution in [3.8, 4) is 33.4 Å². The maximum Gasteiger partial charge on any atom is -0.0179 e. The third-order valence-electron chi connectivity index (χ3n) is 5.71. The number of benzene rings is 4. The Kier molecular flexibility index (Phi) is 4.88. The predicted octanol–water partition coefficient (Wildman–Crippen LogP) is 7.92. The molecule has 0 saturated heterocycles. The molecule has 0 aromatic heterocycles. The van der Waals surface area contributed by atoms with Gasteiger partial charge in [-0.1, -0.05) is 90.5 Å². The van der Waals surface area contributed by atoms with Crippen molar-refractivity contribution in [3.05, 3.63) is 107 Å². The van der Waals surface area contributed by atoms with Crippen LogP contribution in [0.4, 0.5) is 0 Å². The van der Waals surface area contributed by atoms with E-state index in [1.165, 1.54) is 55.6 Å². The van der Waals surface area contributed by atoms with E-state index in [0.717, 1.165) is 0 Å². The zero-order valence-corrected chi connectivity index (χ0v) is 17.1. The third kappa shape index (κ3) is 3.64. The summed E-state index contributed by atoms with van der Waals surface area (Å²) in [7, 11) is 0. The van der Waals surface area contributed by atoms with Crippen molar-refractivity contribution in [1.82, 2.24) is 0 Å². The fraction of sp³-hybridized carbons (Fsp3) is 0.143. The van der Waals surface area contributed by atoms with Gasteiger partial charge in [-0.3, -0.25) is 0 Å². The van der Waals surface area contributed by atoms with Crippen molar-refractivity contribution in [2.24, 2.45) is 0 Å². The molecule has 0 unspecified atom stereocenters. The van der Waals surface area contributed by atoms with E-state index in [0.29, 0.717) is 0 Å². The second kappa shape index (κ2) is 7.48. The summed E-state index contributed by atoms with van der Waals surface area (Å²) >= 11 is 0. The van der Waals surface area contributed by atoms with Crippen molar-refractivity contribution in [1.29, 1.82) is 0 Å². The second-order valence-electron chi connectivity index (χ2n) is 7.76. The van der Waals surface area contributed by atoms with Crippen LogP contribution in [-0.4, -0.2) is 0 Å². The fourth-order valence-electron chi connectivity index (χ4n) is 3.74. The molecular formula is C28H26. The molecule has 0 bridgehead atoms. The second-order valence-corrected chi connectivity index (χ2v) is 7.76. The molecule has 0 heteroatoms. The van der Waals surface area contributed by atoms with Gasteiger partial charge in [0.2, 0.25) is 0 Å². The molecule has 4 aromatic rings. The molecular weight excluding hydrogens is 336 g/mol. The van der Waals surface area contributed by atoms with Gasteiger partial charge in [0.05, 0.1) is 0 Å². The van der Waals surface area contributed by atoms with Crippen LogP contribution >= 0.6 is 0 Å². The van der Waals surface area contributed by atoms with Crippen LogP contribution in [0, 0.1) is 27.7 Å². The summed E-state index contributed by atoms with van der Waals surface area (Å²) in [6, 6.07) is 31.0. The zero-order chi connectivity index (χ0) is 19.7. The van der Waals surface area contributed by atoms with Gasteiger partial charge in [0.1, 0.15) is 0 Å². The summed E-state index contributed by atoms with van der Waals surface area (Å²) in [5.41, 5.74) is 13.0. The number of hydrogen-bond donors (Lipinski definition) is 0. The predicted molar refractivity (Wildman–Crippen MR) is 122 cm³/mol. The summed E-state index contributed by atoms with van der Waals surface area (Å²) in [5, 5.41) is 0. The minimum Gasteiger partial charge on any atom is -0.0614 e. The molecule has 0 nitrogen and oxygen atoms in total. The van der Waals surface area contributed by atoms with E-state index in [1.807, 2.05) is 0 Å². The largest absolute Gasteiger partial charge is 0.0614 e. The summed E-state index contributed by atoms with van der Waals surface area (Å²) in [4.78, 5) is 0. The molecule has 0 amide bonds. The van der Waals surface area contributed by atoms with E-state index < -0.39 is 0 Å². The molecule has 0 N–H and O–H groups in total. The van der Waals surface area contributed by atoms with Crippen molar-refractivity contribution in [2.75, 3.05) is 0 Å². The first-order chi connectivity index (χ1) is 13.5. The Balaban J connectivity index is 1.61. The molecule has 0 atom stereocenters. The smallest absolute Gasteiger partial charge is 0.0179 e. The summed E-state index contributed by atoms with van der Waals surface area (Å²) in [6.07, 6.45) is 0. The molecule has 0 aliphatic rings. The lowest BCUT2D eigenvalue weighted by Crippen LogP contribution is -1.89. The van der Waals surface area contributed by atoms with Gasteiger partial charge in [0, 0.05) is 0 Å². The SMILES string of the molecule is Cc1cccc(-c2ccc(-c3ccc(-c4cc(C)c(C)c(C)c4)cc3)cc2)c1. The van der Waals surface area contributed by atoms with Crippen LogP contribution in [0.1, 0.15) is 22.3 Å². The zero-order valence-electron chi connectivity index (χ0n) is 17.1. The molecule has 0 aliphatic carbocycles. The van der Waals surface area contributed by atoms with Gasteiger partial charge in [-0.15, -0.1) is 0 Å². The first-order valence-corrected chi connectivity index (χ1v) is 9.87. The summed E-state index contributed by atoms with van der Waals surface area (Å²) < 4.78 is 0. The number of rotatable bonds is 3. The van der Waals surface area contributed by atoms with Crippen LogP contribution in [0.5, 0.6) is 0 Å². The molecule has 4 aromatic carbocycles. The van der Waals surface area contributed by atoms with Crippen molar-refractivity contribution >= 4 is 0 Å². The number of hydrogen-bond acceptors (Lipinski definition) is 0. The lowest BCUT2D eigenvalue weighted by molar-refractivity contribution is 1.27. The molecule has 28 heavy (non-hydrogen) atoms. The van der Waals surface area contributed by atoms with Crippen LogP contribution in [-0.2, 0) is 0 Å². The maximum absolute atomic E-state index is 2.29. The Bertz CT molecular complexity index is 1090. The minimum atomic E-state index is 1.25. The fourth-order valence-corrected chi connectivity index (χ4v) is 3.74. The molecule has 138 valence electrons. The quantitative estimate of drug-likeness (QED) is 0.347. The van der Waals surface area contributed by atoms with Gasteiger partial charge in [0.15, 0.2) is 0 Å². The van der Waals surface area contributed by atoms with Crippen LogP contribution < -0.4 is 0 Å². The molecule has 0 saturated carbocycles. The Labute approximate surface area is 168 Å². The van der Waals surface area contributed by atoms with Crippen molar-refractivity contribution in [2.45, 2.75) is 27.7 Å². The molecule has 0 fully saturated rings. The summed E-state index contributed by atoms with van der Waals surface area (Å²) in [5.74, 6) is 0. The Morgan fingerprint density at radius 3 is 1.29 bits per heavy atom. The van der Waals surface area contributed by atoms with Crippen LogP contribution in [0.25, 0.3) is 33.4 Å². The van der Waals surface area contributed by atoms with E-state index in [9.17, 15) is 0 Å². The van der Waals surface area contributed by atoms with E-state index in [2.05, 4.69) is 113 Å². The number of aryl methyl sites for hydroxylation is 3. The van der Waals surface area contributed by atoms with Gasteiger partial charge in [-0.25, -0.2) is 0 Å². The van der Waals surface area contributed by atoms with Crippen LogP contribution in [0.2, 0.25) is 0 Å². The average molecular weight is 363 g/mol. The maximum atomic E-state index is 2.29. The van der Waals surface area contributed by atoms with E-state index in [4.69, 9.17) is 0 Å². The van der Waals surface area contributed by atoms with Gasteiger partial charge in [-0.05, 0) is 77.8 Å².